The van der Waals surface area contributed by atoms with Crippen LogP contribution < -0.4 is 0 Å². The fourth-order valence-electron chi connectivity index (χ4n) is 0. The second-order valence-corrected chi connectivity index (χ2v) is 0. The Morgan fingerprint density at radius 2 is 1.00 bits per heavy atom. The summed E-state index contributed by atoms with van der Waals surface area (Å²) in [6, 6.07) is 0. The summed E-state index contributed by atoms with van der Waals surface area (Å²) >= 11 is 1.69. The molecule has 1 N–H and O–H groups in total. The molecule has 0 amide bonds. The SMILES string of the molecule is [Co].[LiH].[LiH].[MgH+].[Mn].[Ni].[OH-].[O]=[Mn]. The molecule has 0 atom stereocenters. The van der Waals surface area contributed by atoms with Gasteiger partial charge in [-0.2, -0.15) is 0 Å². The monoisotopic (exact) mass is 301 g/mol. The second-order valence-electron chi connectivity index (χ2n) is 0. The van der Waals surface area contributed by atoms with Crippen molar-refractivity contribution in [1.82, 2.24) is 0 Å². The van der Waals surface area contributed by atoms with Crippen molar-refractivity contribution in [2.45, 2.75) is 0 Å². The zero-order valence-electron chi connectivity index (χ0n) is 3.26. The molecule has 0 aromatic rings. The van der Waals surface area contributed by atoms with Crippen LogP contribution in [0.2, 0.25) is 0 Å². The molecule has 0 spiro atoms. The first-order valence-electron chi connectivity index (χ1n) is 0.154. The van der Waals surface area contributed by atoms with Crippen LogP contribution in [0.1, 0.15) is 0 Å². The molecule has 0 aliphatic carbocycles. The Bertz CT molecular complexity index is 22.5. The van der Waals surface area contributed by atoms with Crippen molar-refractivity contribution in [1.29, 1.82) is 0 Å². The van der Waals surface area contributed by atoms with Crippen molar-refractivity contribution in [3.05, 3.63) is 0 Å². The first-order valence-corrected chi connectivity index (χ1v) is 0.636. The van der Waals surface area contributed by atoms with Crippen molar-refractivity contribution in [2.75, 3.05) is 0 Å². The van der Waals surface area contributed by atoms with Crippen LogP contribution in [-0.4, -0.2) is 66.3 Å². The van der Waals surface area contributed by atoms with Gasteiger partial charge in [-0.15, -0.1) is 0 Å². The maximum absolute atomic E-state index is 8.06. The van der Waals surface area contributed by atoms with Crippen LogP contribution in [0.3, 0.4) is 0 Å². The third-order valence-corrected chi connectivity index (χ3v) is 0. The minimum atomic E-state index is 0. The fraction of sp³-hybridized carbons (Fsp3) is 0. The number of rotatable bonds is 0. The summed E-state index contributed by atoms with van der Waals surface area (Å²) < 4.78 is 8.06. The second kappa shape index (κ2) is 96.3. The van der Waals surface area contributed by atoms with Crippen LogP contribution in [0.15, 0.2) is 0 Å². The van der Waals surface area contributed by atoms with Crippen LogP contribution in [0.5, 0.6) is 0 Å². The molecule has 9 heteroatoms. The molecule has 0 saturated carbocycles. The molecule has 0 aliphatic rings. The molecular formula is H4CoLi2MgMn2NiO2. The summed E-state index contributed by atoms with van der Waals surface area (Å²) in [6.07, 6.45) is 0. The molecule has 0 aromatic heterocycles. The zero-order valence-corrected chi connectivity index (χ0v) is 9.65. The molecule has 0 unspecified atom stereocenters. The molecule has 2 radical (unpaired) electrons. The summed E-state index contributed by atoms with van der Waals surface area (Å²) in [7, 11) is 0. The van der Waals surface area contributed by atoms with Crippen LogP contribution in [-0.2, 0) is 70.1 Å². The topological polar surface area (TPSA) is 47.1 Å². The summed E-state index contributed by atoms with van der Waals surface area (Å²) in [5, 5.41) is 0. The van der Waals surface area contributed by atoms with Gasteiger partial charge in [0, 0.05) is 50.3 Å². The zero-order chi connectivity index (χ0) is 2.00. The third-order valence-electron chi connectivity index (χ3n) is 0. The van der Waals surface area contributed by atoms with Gasteiger partial charge in [0.15, 0.2) is 0 Å². The van der Waals surface area contributed by atoms with Gasteiger partial charge >= 0.3 is 80.6 Å². The Kier molecular flexibility index (Phi) is 833. The third kappa shape index (κ3) is 79.2. The predicted molar refractivity (Wildman–Crippen MR) is 24.1 cm³/mol. The van der Waals surface area contributed by atoms with Gasteiger partial charge in [0.1, 0.15) is 0 Å². The van der Waals surface area contributed by atoms with Crippen molar-refractivity contribution in [2.24, 2.45) is 0 Å². The Hall–Kier alpha value is 3.76. The molecular weight excluding hydrogens is 298 g/mol. The molecule has 0 bridgehead atoms. The quantitative estimate of drug-likeness (QED) is 0.475. The number of hydrogen-bond acceptors (Lipinski definition) is 2. The molecule has 0 heterocycles. The molecule has 2 nitrogen and oxygen atoms in total. The van der Waals surface area contributed by atoms with E-state index in [9.17, 15) is 0 Å². The summed E-state index contributed by atoms with van der Waals surface area (Å²) in [4.78, 5) is 0. The molecule has 0 aromatic carbocycles. The van der Waals surface area contributed by atoms with Crippen LogP contribution in [0, 0.1) is 0 Å². The van der Waals surface area contributed by atoms with Gasteiger partial charge in [-0.1, -0.05) is 0 Å². The van der Waals surface area contributed by atoms with Gasteiger partial charge in [0.25, 0.3) is 0 Å². The van der Waals surface area contributed by atoms with Crippen molar-refractivity contribution >= 4 is 60.8 Å². The fourth-order valence-corrected chi connectivity index (χ4v) is 0. The van der Waals surface area contributed by atoms with Crippen LogP contribution in [0.25, 0.3) is 0 Å². The van der Waals surface area contributed by atoms with Gasteiger partial charge in [-0.05, 0) is 0 Å². The van der Waals surface area contributed by atoms with Crippen molar-refractivity contribution in [3.63, 3.8) is 0 Å². The van der Waals surface area contributed by atoms with E-state index in [2.05, 4.69) is 0 Å². The molecule has 0 rings (SSSR count). The molecule has 0 aliphatic heterocycles. The van der Waals surface area contributed by atoms with Crippen LogP contribution in [0.4, 0.5) is 0 Å². The van der Waals surface area contributed by atoms with E-state index in [-0.39, 0.29) is 117 Å². The summed E-state index contributed by atoms with van der Waals surface area (Å²) in [5.74, 6) is 0. The Morgan fingerprint density at radius 1 is 1.00 bits per heavy atom. The average molecular weight is 302 g/mol. The molecule has 0 saturated heterocycles. The van der Waals surface area contributed by atoms with Gasteiger partial charge < -0.3 is 5.48 Å². The minimum absolute atomic E-state index is 0. The average Bonchev–Trinajstić information content (AvgIpc) is 1.00. The molecule has 0 fully saturated rings. The summed E-state index contributed by atoms with van der Waals surface area (Å²) in [5.41, 5.74) is 0. The van der Waals surface area contributed by atoms with Gasteiger partial charge in [0.05, 0.1) is 0 Å². The summed E-state index contributed by atoms with van der Waals surface area (Å²) in [6.45, 7) is 0. The van der Waals surface area contributed by atoms with E-state index in [0.717, 1.165) is 0 Å². The van der Waals surface area contributed by atoms with E-state index < -0.39 is 0 Å². The molecule has 9 heavy (non-hydrogen) atoms. The van der Waals surface area contributed by atoms with Gasteiger partial charge in [0.2, 0.25) is 0 Å². The Morgan fingerprint density at radius 3 is 1.00 bits per heavy atom. The maximum atomic E-state index is 8.06. The molecule has 53 valence electrons. The Labute approximate surface area is 134 Å². The van der Waals surface area contributed by atoms with Gasteiger partial charge in [-0.3, -0.25) is 0 Å². The predicted octanol–water partition coefficient (Wildman–Crippen LogP) is -2.25. The number of hydrogen-bond donors (Lipinski definition) is 0. The first-order chi connectivity index (χ1) is 1.00. The van der Waals surface area contributed by atoms with E-state index in [1.807, 2.05) is 0 Å². The van der Waals surface area contributed by atoms with E-state index >= 15 is 0 Å². The van der Waals surface area contributed by atoms with E-state index in [1.54, 1.807) is 15.9 Å². The standard InChI is InChI=1S/Co.2Li.Mg.2Mn.Ni.H2O.O.3H/h;;;;;;;1H2;;;;/q;;;+1;;;;;;;;/p-1. The van der Waals surface area contributed by atoms with Crippen molar-refractivity contribution in [3.8, 4) is 0 Å². The van der Waals surface area contributed by atoms with Gasteiger partial charge in [-0.25, -0.2) is 0 Å². The first kappa shape index (κ1) is 77.9. The van der Waals surface area contributed by atoms with Crippen molar-refractivity contribution < 1.29 is 75.6 Å². The van der Waals surface area contributed by atoms with E-state index in [1.165, 1.54) is 0 Å². The normalized spacial score (nSPS) is 0.444. The van der Waals surface area contributed by atoms with Crippen LogP contribution >= 0.6 is 0 Å². The van der Waals surface area contributed by atoms with E-state index in [4.69, 9.17) is 3.83 Å². The Balaban J connectivity index is -0.000000000238. The van der Waals surface area contributed by atoms with E-state index in [0.29, 0.717) is 0 Å².